The summed E-state index contributed by atoms with van der Waals surface area (Å²) >= 11 is 15.2. The van der Waals surface area contributed by atoms with Crippen LogP contribution in [0.5, 0.6) is 0 Å². The number of hydrogen-bond donors (Lipinski definition) is 1. The molecule has 5 rings (SSSR count). The number of nitrogens with zero attached hydrogens (tertiary/aromatic N) is 5. The number of fused-ring (bicyclic) bond motifs is 1. The van der Waals surface area contributed by atoms with E-state index >= 15 is 0 Å². The number of benzene rings is 2. The lowest BCUT2D eigenvalue weighted by molar-refractivity contribution is 0.756. The Morgan fingerprint density at radius 2 is 1.97 bits per heavy atom. The molecule has 7 nitrogen and oxygen atoms in total. The lowest BCUT2D eigenvalue weighted by atomic mass is 10.1. The van der Waals surface area contributed by atoms with Gasteiger partial charge in [0.05, 0.1) is 16.8 Å². The fourth-order valence-electron chi connectivity index (χ4n) is 3.11. The first-order valence-corrected chi connectivity index (χ1v) is 11.6. The van der Waals surface area contributed by atoms with Gasteiger partial charge in [0.15, 0.2) is 0 Å². The number of tetrazole rings is 1. The Morgan fingerprint density at radius 1 is 1.10 bits per heavy atom. The monoisotopic (exact) mass is 486 g/mol. The molecule has 0 bridgehead atoms. The zero-order chi connectivity index (χ0) is 21.4. The number of halogens is 2. The minimum Gasteiger partial charge on any atom is -0.309 e. The largest absolute Gasteiger partial charge is 0.309 e. The zero-order valence-corrected chi connectivity index (χ0v) is 18.8. The molecule has 0 saturated heterocycles. The van der Waals surface area contributed by atoms with Gasteiger partial charge in [0.25, 0.3) is 5.56 Å². The van der Waals surface area contributed by atoms with Crippen molar-refractivity contribution in [3.63, 3.8) is 0 Å². The highest BCUT2D eigenvalue weighted by Gasteiger charge is 2.16. The quantitative estimate of drug-likeness (QED) is 0.342. The summed E-state index contributed by atoms with van der Waals surface area (Å²) in [6.45, 7) is 0. The van der Waals surface area contributed by atoms with Gasteiger partial charge in [-0.15, -0.1) is 16.4 Å². The molecule has 0 amide bonds. The van der Waals surface area contributed by atoms with Crippen molar-refractivity contribution in [1.82, 2.24) is 30.2 Å². The van der Waals surface area contributed by atoms with Crippen LogP contribution in [0.1, 0.15) is 5.82 Å². The van der Waals surface area contributed by atoms with Gasteiger partial charge in [-0.25, -0.2) is 4.98 Å². The Bertz CT molecular complexity index is 1460. The molecule has 11 heteroatoms. The Hall–Kier alpha value is -2.72. The predicted octanol–water partition coefficient (Wildman–Crippen LogP) is 5.23. The van der Waals surface area contributed by atoms with Crippen LogP contribution in [0.4, 0.5) is 0 Å². The Morgan fingerprint density at radius 3 is 2.81 bits per heavy atom. The van der Waals surface area contributed by atoms with Crippen molar-refractivity contribution in [3.8, 4) is 16.8 Å². The summed E-state index contributed by atoms with van der Waals surface area (Å²) in [5.41, 5.74) is 2.14. The number of thiophene rings is 1. The predicted molar refractivity (Wildman–Crippen MR) is 124 cm³/mol. The molecule has 1 N–H and O–H groups in total. The van der Waals surface area contributed by atoms with Crippen molar-refractivity contribution >= 4 is 56.5 Å². The number of H-pyrrole nitrogens is 1. The molecular weight excluding hydrogens is 475 g/mol. The third-order valence-corrected chi connectivity index (χ3v) is 6.86. The van der Waals surface area contributed by atoms with Crippen LogP contribution in [0, 0.1) is 0 Å². The van der Waals surface area contributed by atoms with Gasteiger partial charge in [-0.2, -0.15) is 4.68 Å². The van der Waals surface area contributed by atoms with Gasteiger partial charge in [0.2, 0.25) is 5.16 Å². The minimum atomic E-state index is -0.203. The summed E-state index contributed by atoms with van der Waals surface area (Å²) in [6, 6.07) is 14.7. The van der Waals surface area contributed by atoms with E-state index < -0.39 is 0 Å². The SMILES string of the molecule is O=c1[nH]c(CSc2nnnn2-c2cccc(Cl)c2)nc2scc(-c3ccccc3Cl)c12. The molecule has 154 valence electrons. The average molecular weight is 487 g/mol. The molecule has 0 aliphatic heterocycles. The highest BCUT2D eigenvalue weighted by atomic mass is 35.5. The molecule has 5 aromatic rings. The highest BCUT2D eigenvalue weighted by Crippen LogP contribution is 2.35. The molecule has 0 saturated carbocycles. The van der Waals surface area contributed by atoms with Crippen LogP contribution < -0.4 is 5.56 Å². The number of aromatic nitrogens is 6. The topological polar surface area (TPSA) is 89.4 Å². The maximum Gasteiger partial charge on any atom is 0.260 e. The van der Waals surface area contributed by atoms with E-state index in [1.807, 2.05) is 35.7 Å². The molecule has 0 unspecified atom stereocenters. The second-order valence-electron chi connectivity index (χ2n) is 6.46. The van der Waals surface area contributed by atoms with E-state index in [4.69, 9.17) is 23.2 Å². The molecule has 31 heavy (non-hydrogen) atoms. The van der Waals surface area contributed by atoms with Crippen LogP contribution in [0.25, 0.3) is 27.0 Å². The van der Waals surface area contributed by atoms with Gasteiger partial charge in [-0.3, -0.25) is 4.79 Å². The number of hydrogen-bond acceptors (Lipinski definition) is 7. The van der Waals surface area contributed by atoms with E-state index in [9.17, 15) is 4.79 Å². The fraction of sp³-hybridized carbons (Fsp3) is 0.0500. The lowest BCUT2D eigenvalue weighted by Crippen LogP contribution is -2.11. The highest BCUT2D eigenvalue weighted by molar-refractivity contribution is 7.98. The van der Waals surface area contributed by atoms with Crippen LogP contribution in [-0.2, 0) is 5.75 Å². The van der Waals surface area contributed by atoms with Crippen LogP contribution in [0.2, 0.25) is 10.0 Å². The number of rotatable bonds is 5. The van der Waals surface area contributed by atoms with Gasteiger partial charge in [0.1, 0.15) is 10.7 Å². The third kappa shape index (κ3) is 3.97. The van der Waals surface area contributed by atoms with Crippen molar-refractivity contribution in [1.29, 1.82) is 0 Å². The van der Waals surface area contributed by atoms with Crippen molar-refractivity contribution in [2.45, 2.75) is 10.9 Å². The van der Waals surface area contributed by atoms with Crippen molar-refractivity contribution in [2.75, 3.05) is 0 Å². The van der Waals surface area contributed by atoms with Crippen LogP contribution in [0.15, 0.2) is 63.9 Å². The van der Waals surface area contributed by atoms with Gasteiger partial charge in [0, 0.05) is 26.6 Å². The summed E-state index contributed by atoms with van der Waals surface area (Å²) < 4.78 is 1.59. The summed E-state index contributed by atoms with van der Waals surface area (Å²) in [4.78, 5) is 21.0. The molecule has 0 fully saturated rings. The number of nitrogens with one attached hydrogen (secondary N) is 1. The normalized spacial score (nSPS) is 11.3. The smallest absolute Gasteiger partial charge is 0.260 e. The van der Waals surface area contributed by atoms with Crippen LogP contribution in [0.3, 0.4) is 0 Å². The minimum absolute atomic E-state index is 0.203. The van der Waals surface area contributed by atoms with Gasteiger partial charge < -0.3 is 4.98 Å². The van der Waals surface area contributed by atoms with Gasteiger partial charge in [-0.05, 0) is 34.7 Å². The molecule has 0 radical (unpaired) electrons. The molecule has 0 aliphatic rings. The van der Waals surface area contributed by atoms with E-state index in [-0.39, 0.29) is 5.56 Å². The number of thioether (sulfide) groups is 1. The first-order valence-electron chi connectivity index (χ1n) is 9.02. The van der Waals surface area contributed by atoms with Gasteiger partial charge in [-0.1, -0.05) is 59.2 Å². The maximum atomic E-state index is 12.9. The van der Waals surface area contributed by atoms with Crippen molar-refractivity contribution in [2.24, 2.45) is 0 Å². The van der Waals surface area contributed by atoms with E-state index in [0.29, 0.717) is 37.0 Å². The summed E-state index contributed by atoms with van der Waals surface area (Å²) in [7, 11) is 0. The van der Waals surface area contributed by atoms with Crippen molar-refractivity contribution in [3.05, 3.63) is 80.1 Å². The number of aromatic amines is 1. The third-order valence-electron chi connectivity index (χ3n) is 4.49. The molecule has 2 aromatic carbocycles. The Labute approximate surface area is 194 Å². The van der Waals surface area contributed by atoms with E-state index in [1.165, 1.54) is 23.1 Å². The molecule has 3 heterocycles. The lowest BCUT2D eigenvalue weighted by Gasteiger charge is -2.05. The van der Waals surface area contributed by atoms with Crippen LogP contribution >= 0.6 is 46.3 Å². The maximum absolute atomic E-state index is 12.9. The van der Waals surface area contributed by atoms with E-state index in [2.05, 4.69) is 25.5 Å². The van der Waals surface area contributed by atoms with Crippen LogP contribution in [-0.4, -0.2) is 30.2 Å². The summed E-state index contributed by atoms with van der Waals surface area (Å²) in [5, 5.41) is 16.0. The van der Waals surface area contributed by atoms with Crippen molar-refractivity contribution < 1.29 is 0 Å². The summed E-state index contributed by atoms with van der Waals surface area (Å²) in [6.07, 6.45) is 0. The second-order valence-corrected chi connectivity index (χ2v) is 9.11. The average Bonchev–Trinajstić information content (AvgIpc) is 3.40. The fourth-order valence-corrected chi connectivity index (χ4v) is 5.25. The first-order chi connectivity index (χ1) is 15.1. The van der Waals surface area contributed by atoms with E-state index in [0.717, 1.165) is 16.8 Å². The summed E-state index contributed by atoms with van der Waals surface area (Å²) in [5.74, 6) is 0.932. The second kappa shape index (κ2) is 8.43. The molecule has 0 spiro atoms. The zero-order valence-electron chi connectivity index (χ0n) is 15.6. The van der Waals surface area contributed by atoms with Gasteiger partial charge >= 0.3 is 0 Å². The standard InChI is InChI=1S/C20H12Cl2N6OS2/c21-11-4-3-5-12(8-11)28-20(25-26-27-28)31-10-16-23-18(29)17-14(9-30-19(17)24-16)13-6-1-2-7-15(13)22/h1-9H,10H2,(H,23,24,29). The first kappa shape index (κ1) is 20.2. The Balaban J connectivity index is 1.44. The molecule has 0 aliphatic carbocycles. The molecule has 3 aromatic heterocycles. The molecular formula is C20H12Cl2N6OS2. The molecule has 0 atom stereocenters. The Kier molecular flexibility index (Phi) is 5.49. The van der Waals surface area contributed by atoms with E-state index in [1.54, 1.807) is 22.9 Å².